The Morgan fingerprint density at radius 2 is 0.947 bits per heavy atom. The summed E-state index contributed by atoms with van der Waals surface area (Å²) in [6, 6.07) is 0. The maximum Gasteiger partial charge on any atom is 0.394 e. The molecule has 4 unspecified atom stereocenters. The smallest absolute Gasteiger partial charge is 0.394 e. The van der Waals surface area contributed by atoms with Gasteiger partial charge in [0.2, 0.25) is 0 Å². The molecule has 12 nitrogen and oxygen atoms in total. The van der Waals surface area contributed by atoms with Gasteiger partial charge < -0.3 is 42.1 Å². The van der Waals surface area contributed by atoms with E-state index < -0.39 is 48.3 Å². The van der Waals surface area contributed by atoms with Crippen molar-refractivity contribution in [3.63, 3.8) is 0 Å². The highest BCUT2D eigenvalue weighted by Gasteiger charge is 2.07. The number of hydrogen-bond acceptors (Lipinski definition) is 10. The van der Waals surface area contributed by atoms with Gasteiger partial charge in [-0.05, 0) is 0 Å². The lowest BCUT2D eigenvalue weighted by atomic mass is 10.3. The summed E-state index contributed by atoms with van der Waals surface area (Å²) in [5, 5.41) is 49.0. The van der Waals surface area contributed by atoms with Gasteiger partial charge in [0.1, 0.15) is 24.7 Å². The van der Waals surface area contributed by atoms with Crippen molar-refractivity contribution in [3.8, 4) is 0 Å². The van der Waals surface area contributed by atoms with Crippen LogP contribution >= 0.6 is 0 Å². The molecular formula is C6H20N2O10S. The van der Waals surface area contributed by atoms with Crippen molar-refractivity contribution in [2.45, 2.75) is 24.7 Å². The molecule has 0 saturated carbocycles. The molecule has 0 amide bonds. The Labute approximate surface area is 109 Å². The first-order valence-electron chi connectivity index (χ1n) is 4.51. The number of aliphatic hydroxyl groups is 6. The Morgan fingerprint density at radius 3 is 0.947 bits per heavy atom. The number of hydrogen-bond donors (Lipinski definition) is 10. The second-order valence-electron chi connectivity index (χ2n) is 2.93. The van der Waals surface area contributed by atoms with E-state index in [1.54, 1.807) is 0 Å². The Morgan fingerprint density at radius 1 is 0.789 bits per heavy atom. The van der Waals surface area contributed by atoms with Crippen LogP contribution in [0, 0.1) is 0 Å². The summed E-state index contributed by atoms with van der Waals surface area (Å²) in [4.78, 5) is 0. The van der Waals surface area contributed by atoms with E-state index >= 15 is 0 Å². The molecule has 4 atom stereocenters. The lowest BCUT2D eigenvalue weighted by molar-refractivity contribution is -0.0104. The summed E-state index contributed by atoms with van der Waals surface area (Å²) in [7, 11) is -4.67. The fourth-order valence-corrected chi connectivity index (χ4v) is 0.216. The van der Waals surface area contributed by atoms with Crippen molar-refractivity contribution in [3.05, 3.63) is 0 Å². The first-order valence-corrected chi connectivity index (χ1v) is 5.91. The van der Waals surface area contributed by atoms with Crippen molar-refractivity contribution in [1.82, 2.24) is 0 Å². The van der Waals surface area contributed by atoms with Gasteiger partial charge in [-0.15, -0.1) is 0 Å². The van der Waals surface area contributed by atoms with Crippen LogP contribution in [0.15, 0.2) is 0 Å². The molecule has 12 N–H and O–H groups in total. The first-order chi connectivity index (χ1) is 8.36. The minimum atomic E-state index is -4.67. The van der Waals surface area contributed by atoms with E-state index in [1.165, 1.54) is 0 Å². The van der Waals surface area contributed by atoms with E-state index in [0.717, 1.165) is 0 Å². The standard InChI is InChI=1S/2C3H9NO3.H2O4S/c2*4-3(7)2(6)1-5;1-5(2,3)4/h2*2-3,5-7H,1,4H2;(H2,1,2,3,4). The van der Waals surface area contributed by atoms with Gasteiger partial charge in [-0.2, -0.15) is 8.42 Å². The quantitative estimate of drug-likeness (QED) is 0.172. The molecule has 0 heterocycles. The fourth-order valence-electron chi connectivity index (χ4n) is 0.216. The van der Waals surface area contributed by atoms with Crippen molar-refractivity contribution >= 4 is 10.4 Å². The SMILES string of the molecule is NC(O)C(O)CO.NC(O)C(O)CO.O=S(=O)(O)O. The van der Waals surface area contributed by atoms with Gasteiger partial charge in [0.15, 0.2) is 0 Å². The maximum atomic E-state index is 8.74. The molecule has 0 fully saturated rings. The van der Waals surface area contributed by atoms with Gasteiger partial charge >= 0.3 is 10.4 Å². The van der Waals surface area contributed by atoms with Crippen molar-refractivity contribution in [1.29, 1.82) is 0 Å². The minimum absolute atomic E-state index is 0.502. The molecule has 0 bridgehead atoms. The minimum Gasteiger partial charge on any atom is -0.394 e. The molecule has 0 rings (SSSR count). The maximum absolute atomic E-state index is 8.74. The summed E-state index contributed by atoms with van der Waals surface area (Å²) >= 11 is 0. The van der Waals surface area contributed by atoms with Gasteiger partial charge in [0.05, 0.1) is 13.2 Å². The molecule has 0 spiro atoms. The van der Waals surface area contributed by atoms with Gasteiger partial charge in [-0.3, -0.25) is 9.11 Å². The Balaban J connectivity index is -0.000000206. The molecule has 0 aliphatic heterocycles. The van der Waals surface area contributed by atoms with Crippen molar-refractivity contribution in [2.24, 2.45) is 11.5 Å². The summed E-state index contributed by atoms with van der Waals surface area (Å²) in [6.45, 7) is -1.00. The lowest BCUT2D eigenvalue weighted by Gasteiger charge is -2.07. The van der Waals surface area contributed by atoms with E-state index in [-0.39, 0.29) is 0 Å². The Bertz CT molecular complexity index is 260. The molecule has 0 radical (unpaired) electrons. The molecule has 0 aromatic heterocycles. The van der Waals surface area contributed by atoms with Crippen LogP contribution in [0.2, 0.25) is 0 Å². The van der Waals surface area contributed by atoms with E-state index in [4.69, 9.17) is 59.6 Å². The molecule has 0 aliphatic carbocycles. The number of nitrogens with two attached hydrogens (primary N) is 2. The van der Waals surface area contributed by atoms with E-state index in [0.29, 0.717) is 0 Å². The summed E-state index contributed by atoms with van der Waals surface area (Å²) in [5.41, 5.74) is 9.38. The normalized spacial score (nSPS) is 16.9. The average molecular weight is 312 g/mol. The second-order valence-corrected chi connectivity index (χ2v) is 3.82. The molecule has 0 aromatic rings. The molecule has 120 valence electrons. The second kappa shape index (κ2) is 12.6. The van der Waals surface area contributed by atoms with Crippen LogP contribution in [-0.2, 0) is 10.4 Å². The highest BCUT2D eigenvalue weighted by Crippen LogP contribution is 1.80. The highest BCUT2D eigenvalue weighted by molar-refractivity contribution is 7.79. The van der Waals surface area contributed by atoms with Gasteiger partial charge in [0, 0.05) is 0 Å². The van der Waals surface area contributed by atoms with Crippen LogP contribution in [0.4, 0.5) is 0 Å². The zero-order chi connectivity index (χ0) is 16.2. The lowest BCUT2D eigenvalue weighted by Crippen LogP contribution is -2.36. The first kappa shape index (κ1) is 23.6. The van der Waals surface area contributed by atoms with Crippen molar-refractivity contribution in [2.75, 3.05) is 13.2 Å². The fraction of sp³-hybridized carbons (Fsp3) is 1.00. The topological polar surface area (TPSA) is 248 Å². The Hall–Kier alpha value is -0.450. The Kier molecular flexibility index (Phi) is 15.6. The molecule has 13 heteroatoms. The zero-order valence-electron chi connectivity index (χ0n) is 9.68. The van der Waals surface area contributed by atoms with Gasteiger partial charge in [-0.25, -0.2) is 0 Å². The predicted molar refractivity (Wildman–Crippen MR) is 60.8 cm³/mol. The third-order valence-electron chi connectivity index (χ3n) is 1.16. The van der Waals surface area contributed by atoms with Gasteiger partial charge in [0.25, 0.3) is 0 Å². The van der Waals surface area contributed by atoms with Crippen LogP contribution in [-0.4, -0.2) is 86.0 Å². The van der Waals surface area contributed by atoms with E-state index in [1.807, 2.05) is 0 Å². The van der Waals surface area contributed by atoms with Crippen molar-refractivity contribution < 1.29 is 48.2 Å². The number of rotatable bonds is 4. The predicted octanol–water partition coefficient (Wildman–Crippen LogP) is -5.42. The molecular weight excluding hydrogens is 292 g/mol. The average Bonchev–Trinajstić information content (AvgIpc) is 2.25. The third-order valence-corrected chi connectivity index (χ3v) is 1.16. The zero-order valence-corrected chi connectivity index (χ0v) is 10.5. The van der Waals surface area contributed by atoms with Crippen LogP contribution in [0.25, 0.3) is 0 Å². The molecule has 0 saturated heterocycles. The summed E-state index contributed by atoms with van der Waals surface area (Å²) in [6.07, 6.45) is -5.07. The van der Waals surface area contributed by atoms with E-state index in [2.05, 4.69) is 0 Å². The van der Waals surface area contributed by atoms with Crippen LogP contribution < -0.4 is 11.5 Å². The monoisotopic (exact) mass is 312 g/mol. The molecule has 0 aromatic carbocycles. The molecule has 19 heavy (non-hydrogen) atoms. The van der Waals surface area contributed by atoms with Gasteiger partial charge in [-0.1, -0.05) is 0 Å². The third kappa shape index (κ3) is 31.8. The van der Waals surface area contributed by atoms with Crippen LogP contribution in [0.1, 0.15) is 0 Å². The number of aliphatic hydroxyl groups excluding tert-OH is 6. The van der Waals surface area contributed by atoms with Crippen LogP contribution in [0.5, 0.6) is 0 Å². The largest absolute Gasteiger partial charge is 0.394 e. The summed E-state index contributed by atoms with van der Waals surface area (Å²) in [5.74, 6) is 0. The van der Waals surface area contributed by atoms with E-state index in [9.17, 15) is 0 Å². The highest BCUT2D eigenvalue weighted by atomic mass is 32.3. The van der Waals surface area contributed by atoms with Crippen LogP contribution in [0.3, 0.4) is 0 Å². The molecule has 0 aliphatic rings. The summed E-state index contributed by atoms with van der Waals surface area (Å²) < 4.78 is 31.6.